The number of H-pyrrole nitrogens is 4. The van der Waals surface area contributed by atoms with Crippen LogP contribution in [0.1, 0.15) is 22.8 Å². The van der Waals surface area contributed by atoms with Crippen molar-refractivity contribution in [1.29, 1.82) is 0 Å². The van der Waals surface area contributed by atoms with Crippen LogP contribution in [0.25, 0.3) is 55.2 Å². The maximum Gasteiger partial charge on any atom is 0.143 e. The Labute approximate surface area is 285 Å². The zero-order valence-electron chi connectivity index (χ0n) is 28.2. The molecule has 0 spiro atoms. The molecule has 10 rings (SSSR count). The number of nitrogens with one attached hydrogen (secondary N) is 4. The molecule has 0 radical (unpaired) electrons. The Balaban J connectivity index is 0.000000108. The van der Waals surface area contributed by atoms with Crippen LogP contribution in [-0.2, 0) is 7.05 Å². The molecule has 0 bridgehead atoms. The first-order chi connectivity index (χ1) is 24.4. The third kappa shape index (κ3) is 7.96. The zero-order chi connectivity index (χ0) is 34.9. The van der Waals surface area contributed by atoms with Crippen molar-refractivity contribution in [2.24, 2.45) is 7.05 Å². The lowest BCUT2D eigenvalue weighted by molar-refractivity contribution is 0.943. The number of rotatable bonds is 0. The van der Waals surface area contributed by atoms with E-state index in [9.17, 15) is 0 Å². The number of aromatic amines is 4. The van der Waals surface area contributed by atoms with Gasteiger partial charge >= 0.3 is 0 Å². The van der Waals surface area contributed by atoms with Crippen LogP contribution in [0.3, 0.4) is 0 Å². The van der Waals surface area contributed by atoms with Crippen LogP contribution in [0.4, 0.5) is 0 Å². The molecule has 0 aromatic carbocycles. The molecule has 0 saturated carbocycles. The molecule has 0 fully saturated rings. The summed E-state index contributed by atoms with van der Waals surface area (Å²) in [5.74, 6) is 0.801. The lowest BCUT2D eigenvalue weighted by Crippen LogP contribution is -1.86. The van der Waals surface area contributed by atoms with E-state index in [1.807, 2.05) is 107 Å². The fourth-order valence-electron chi connectivity index (χ4n) is 4.93. The zero-order valence-corrected chi connectivity index (χ0v) is 28.2. The lowest BCUT2D eigenvalue weighted by Gasteiger charge is -1.90. The predicted octanol–water partition coefficient (Wildman–Crippen LogP) is 6.03. The summed E-state index contributed by atoms with van der Waals surface area (Å²) in [5, 5.41) is 5.42. The fourth-order valence-corrected chi connectivity index (χ4v) is 4.93. The summed E-state index contributed by atoms with van der Waals surface area (Å²) in [6.07, 6.45) is 21.1. The molecule has 4 N–H and O–H groups in total. The van der Waals surface area contributed by atoms with Crippen LogP contribution < -0.4 is 0 Å². The van der Waals surface area contributed by atoms with E-state index in [0.717, 1.165) is 72.4 Å². The molecule has 0 amide bonds. The van der Waals surface area contributed by atoms with Gasteiger partial charge in [0.15, 0.2) is 0 Å². The molecule has 0 aliphatic rings. The van der Waals surface area contributed by atoms with E-state index in [1.165, 1.54) is 18.2 Å². The topological polar surface area (TPSA) is 197 Å². The maximum absolute atomic E-state index is 4.17. The van der Waals surface area contributed by atoms with Gasteiger partial charge in [0.1, 0.15) is 59.4 Å². The molecule has 15 heteroatoms. The monoisotopic (exact) mass is 665 g/mol. The highest BCUT2D eigenvalue weighted by Gasteiger charge is 1.99. The second-order valence-electron chi connectivity index (χ2n) is 11.2. The summed E-state index contributed by atoms with van der Waals surface area (Å²) in [7, 11) is 1.97. The quantitative estimate of drug-likeness (QED) is 0.148. The summed E-state index contributed by atoms with van der Waals surface area (Å²) in [6, 6.07) is 7.95. The van der Waals surface area contributed by atoms with E-state index in [-0.39, 0.29) is 0 Å². The van der Waals surface area contributed by atoms with Gasteiger partial charge < -0.3 is 24.5 Å². The minimum Gasteiger partial charge on any atom is -0.346 e. The van der Waals surface area contributed by atoms with Crippen LogP contribution in [0, 0.1) is 27.7 Å². The number of aromatic nitrogens is 15. The molecular formula is C35H35N15. The molecule has 0 unspecified atom stereocenters. The largest absolute Gasteiger partial charge is 0.346 e. The molecule has 0 saturated heterocycles. The van der Waals surface area contributed by atoms with E-state index in [2.05, 4.69) is 69.8 Å². The Bertz CT molecular complexity index is 2460. The molecule has 0 aliphatic carbocycles. The van der Waals surface area contributed by atoms with Crippen molar-refractivity contribution in [1.82, 2.24) is 74.3 Å². The summed E-state index contributed by atoms with van der Waals surface area (Å²) in [6.45, 7) is 7.88. The van der Waals surface area contributed by atoms with Gasteiger partial charge in [-0.25, -0.2) is 49.8 Å². The lowest BCUT2D eigenvalue weighted by atomic mass is 10.3. The van der Waals surface area contributed by atoms with Gasteiger partial charge in [-0.1, -0.05) is 0 Å². The predicted molar refractivity (Wildman–Crippen MR) is 193 cm³/mol. The highest BCUT2D eigenvalue weighted by molar-refractivity contribution is 5.78. The number of fused-ring (bicyclic) bond motifs is 5. The molecule has 10 aromatic heterocycles. The minimum absolute atomic E-state index is 0.801. The van der Waals surface area contributed by atoms with Crippen molar-refractivity contribution in [2.75, 3.05) is 0 Å². The fraction of sp³-hybridized carbons (Fsp3) is 0.143. The number of hydrogen-bond donors (Lipinski definition) is 4. The molecule has 15 nitrogen and oxygen atoms in total. The van der Waals surface area contributed by atoms with Crippen LogP contribution in [0.5, 0.6) is 0 Å². The molecule has 10 aromatic rings. The van der Waals surface area contributed by atoms with Crippen molar-refractivity contribution >= 4 is 55.2 Å². The van der Waals surface area contributed by atoms with Crippen LogP contribution in [-0.4, -0.2) is 74.3 Å². The Morgan fingerprint density at radius 1 is 0.580 bits per heavy atom. The third-order valence-electron chi connectivity index (χ3n) is 7.49. The van der Waals surface area contributed by atoms with Crippen molar-refractivity contribution in [3.63, 3.8) is 0 Å². The average Bonchev–Trinajstić information content (AvgIpc) is 3.98. The Morgan fingerprint density at radius 2 is 1.28 bits per heavy atom. The first kappa shape index (κ1) is 33.0. The second kappa shape index (κ2) is 15.3. The number of nitrogens with zero attached hydrogens (tertiary/aromatic N) is 11. The van der Waals surface area contributed by atoms with E-state index < -0.39 is 0 Å². The summed E-state index contributed by atoms with van der Waals surface area (Å²) < 4.78 is 1.97. The van der Waals surface area contributed by atoms with E-state index in [0.29, 0.717) is 0 Å². The standard InChI is InChI=1S/5C7H7N3/c1-5-2-9-7-6(5)3-8-4-10-7;1-5-2-6-3-8-4-9-7(6)10-5;1-10-3-2-6-4-8-5-9-7(6)10;1-5-6-2-3-8-7(6)10-4-9-5;1-5-9-4-6-2-3-8-7(6)10-5/h2*2-4H,1H3,(H,8,9,10);2-5H,1H3;2*2-4H,1H3,(H,8,9,10). The van der Waals surface area contributed by atoms with Crippen LogP contribution in [0.2, 0.25) is 0 Å². The van der Waals surface area contributed by atoms with Gasteiger partial charge in [-0.15, -0.1) is 0 Å². The van der Waals surface area contributed by atoms with E-state index >= 15 is 0 Å². The van der Waals surface area contributed by atoms with Crippen molar-refractivity contribution in [3.8, 4) is 0 Å². The molecule has 250 valence electrons. The summed E-state index contributed by atoms with van der Waals surface area (Å²) in [5.41, 5.74) is 7.95. The smallest absolute Gasteiger partial charge is 0.143 e. The van der Waals surface area contributed by atoms with Gasteiger partial charge in [-0.05, 0) is 57.5 Å². The molecule has 50 heavy (non-hydrogen) atoms. The normalized spacial score (nSPS) is 10.5. The summed E-state index contributed by atoms with van der Waals surface area (Å²) >= 11 is 0. The Hall–Kier alpha value is -6.90. The van der Waals surface area contributed by atoms with Gasteiger partial charge in [0, 0.05) is 89.2 Å². The van der Waals surface area contributed by atoms with E-state index in [1.54, 1.807) is 18.9 Å². The van der Waals surface area contributed by atoms with Gasteiger partial charge in [-0.2, -0.15) is 0 Å². The average molecular weight is 666 g/mol. The first-order valence-corrected chi connectivity index (χ1v) is 15.6. The van der Waals surface area contributed by atoms with Gasteiger partial charge in [0.25, 0.3) is 0 Å². The van der Waals surface area contributed by atoms with E-state index in [4.69, 9.17) is 0 Å². The van der Waals surface area contributed by atoms with Crippen molar-refractivity contribution in [2.45, 2.75) is 27.7 Å². The molecule has 0 atom stereocenters. The molecular weight excluding hydrogens is 630 g/mol. The first-order valence-electron chi connectivity index (χ1n) is 15.6. The highest BCUT2D eigenvalue weighted by atomic mass is 15.0. The SMILES string of the molecule is Cc1c[nH]c2ncncc12.Cc1cc2cncnc2[nH]1.Cc1ncc2cc[nH]c2n1.Cc1ncnc2[nH]ccc12.Cn1ccc2cncnc21. The van der Waals surface area contributed by atoms with Crippen molar-refractivity contribution in [3.05, 3.63) is 122 Å². The van der Waals surface area contributed by atoms with Gasteiger partial charge in [-0.3, -0.25) is 0 Å². The van der Waals surface area contributed by atoms with Crippen LogP contribution in [0.15, 0.2) is 99.1 Å². The summed E-state index contributed by atoms with van der Waals surface area (Å²) in [4.78, 5) is 52.3. The third-order valence-corrected chi connectivity index (χ3v) is 7.49. The number of hydrogen-bond acceptors (Lipinski definition) is 10. The second-order valence-corrected chi connectivity index (χ2v) is 11.2. The highest BCUT2D eigenvalue weighted by Crippen LogP contribution is 2.13. The maximum atomic E-state index is 4.17. The van der Waals surface area contributed by atoms with Gasteiger partial charge in [0.05, 0.1) is 5.69 Å². The van der Waals surface area contributed by atoms with Gasteiger partial charge in [0.2, 0.25) is 0 Å². The Kier molecular flexibility index (Phi) is 10.1. The Morgan fingerprint density at radius 3 is 2.06 bits per heavy atom. The number of aryl methyl sites for hydroxylation is 5. The minimum atomic E-state index is 0.801. The molecule has 0 aliphatic heterocycles. The molecule has 10 heterocycles. The van der Waals surface area contributed by atoms with Crippen molar-refractivity contribution < 1.29 is 0 Å². The van der Waals surface area contributed by atoms with Crippen LogP contribution >= 0.6 is 0 Å².